The van der Waals surface area contributed by atoms with Crippen LogP contribution in [-0.2, 0) is 5.11 Å². The van der Waals surface area contributed by atoms with Crippen LogP contribution in [0.15, 0.2) is 17.0 Å². The van der Waals surface area contributed by atoms with Crippen LogP contribution in [0.4, 0.5) is 0 Å². The van der Waals surface area contributed by atoms with Crippen LogP contribution in [0.2, 0.25) is 0 Å². The molecule has 1 aromatic carbocycles. The number of thioether (sulfide) groups is 1. The Labute approximate surface area is 180 Å². The van der Waals surface area contributed by atoms with Crippen molar-refractivity contribution in [2.24, 2.45) is 0 Å². The van der Waals surface area contributed by atoms with E-state index in [1.54, 1.807) is 0 Å². The molecule has 0 bridgehead atoms. The summed E-state index contributed by atoms with van der Waals surface area (Å²) in [5, 5.41) is 11.7. The van der Waals surface area contributed by atoms with E-state index < -0.39 is 0 Å². The van der Waals surface area contributed by atoms with Gasteiger partial charge in [0.1, 0.15) is 0 Å². The normalized spacial score (nSPS) is 11.2. The molecule has 0 unspecified atom stereocenters. The molecule has 0 atom stereocenters. The Morgan fingerprint density at radius 2 is 0.964 bits per heavy atom. The number of rotatable bonds is 18. The molecule has 0 aliphatic heterocycles. The first-order valence-electron chi connectivity index (χ1n) is 12.1. The lowest BCUT2D eigenvalue weighted by atomic mass is 10.0. The highest BCUT2D eigenvalue weighted by Crippen LogP contribution is 2.29. The molecule has 1 rings (SSSR count). The predicted octanol–water partition coefficient (Wildman–Crippen LogP) is 9.80. The molecule has 0 spiro atoms. The molecule has 0 aliphatic rings. The van der Waals surface area contributed by atoms with Crippen molar-refractivity contribution < 1.29 is 5.11 Å². The van der Waals surface area contributed by atoms with Gasteiger partial charge in [0.15, 0.2) is 5.75 Å². The van der Waals surface area contributed by atoms with E-state index in [2.05, 4.69) is 6.92 Å². The van der Waals surface area contributed by atoms with E-state index in [1.807, 2.05) is 37.7 Å². The Morgan fingerprint density at radius 1 is 0.607 bits per heavy atom. The second-order valence-electron chi connectivity index (χ2n) is 8.54. The van der Waals surface area contributed by atoms with Crippen LogP contribution < -0.4 is 0 Å². The summed E-state index contributed by atoms with van der Waals surface area (Å²) in [7, 11) is 0. The minimum absolute atomic E-state index is 0.201. The fourth-order valence-corrected chi connectivity index (χ4v) is 4.94. The van der Waals surface area contributed by atoms with E-state index in [-0.39, 0.29) is 5.75 Å². The summed E-state index contributed by atoms with van der Waals surface area (Å²) in [6, 6.07) is 4.10. The van der Waals surface area contributed by atoms with Gasteiger partial charge >= 0.3 is 0 Å². The third-order valence-electron chi connectivity index (χ3n) is 5.70. The monoisotopic (exact) mass is 405 g/mol. The molecule has 0 aliphatic carbocycles. The van der Waals surface area contributed by atoms with E-state index in [9.17, 15) is 5.11 Å². The van der Waals surface area contributed by atoms with Gasteiger partial charge in [-0.3, -0.25) is 5.11 Å². The highest BCUT2D eigenvalue weighted by Gasteiger charge is 2.05. The maximum atomic E-state index is 11.7. The first kappa shape index (κ1) is 25.4. The van der Waals surface area contributed by atoms with Crippen molar-refractivity contribution in [3.8, 4) is 5.75 Å². The van der Waals surface area contributed by atoms with Crippen LogP contribution in [0.3, 0.4) is 0 Å². The Hall–Kier alpha value is -0.630. The van der Waals surface area contributed by atoms with Gasteiger partial charge in [-0.05, 0) is 49.3 Å². The number of hydrogen-bond acceptors (Lipinski definition) is 1. The first-order valence-corrected chi connectivity index (χ1v) is 13.0. The summed E-state index contributed by atoms with van der Waals surface area (Å²) in [5.41, 5.74) is 1.77. The Morgan fingerprint density at radius 3 is 1.36 bits per heavy atom. The van der Waals surface area contributed by atoms with Gasteiger partial charge in [-0.2, -0.15) is 0 Å². The zero-order valence-corrected chi connectivity index (χ0v) is 19.8. The zero-order valence-electron chi connectivity index (χ0n) is 19.0. The lowest BCUT2D eigenvalue weighted by Crippen LogP contribution is -1.86. The van der Waals surface area contributed by atoms with Gasteiger partial charge in [-0.15, -0.1) is 11.8 Å². The van der Waals surface area contributed by atoms with Crippen LogP contribution in [0.25, 0.3) is 0 Å². The second-order valence-corrected chi connectivity index (χ2v) is 9.71. The van der Waals surface area contributed by atoms with Crippen molar-refractivity contribution in [1.82, 2.24) is 0 Å². The van der Waals surface area contributed by atoms with E-state index in [1.165, 1.54) is 113 Å². The first-order chi connectivity index (χ1) is 13.6. The van der Waals surface area contributed by atoms with Gasteiger partial charge < -0.3 is 0 Å². The Balaban J connectivity index is 1.82. The second kappa shape index (κ2) is 17.2. The van der Waals surface area contributed by atoms with Crippen LogP contribution in [0, 0.1) is 13.8 Å². The maximum absolute atomic E-state index is 11.7. The van der Waals surface area contributed by atoms with Gasteiger partial charge in [0, 0.05) is 4.90 Å². The Kier molecular flexibility index (Phi) is 15.6. The molecule has 0 saturated heterocycles. The molecular weight excluding hydrogens is 360 g/mol. The highest BCUT2D eigenvalue weighted by atomic mass is 32.2. The van der Waals surface area contributed by atoms with Gasteiger partial charge in [0.25, 0.3) is 0 Å². The van der Waals surface area contributed by atoms with Crippen LogP contribution in [0.1, 0.15) is 121 Å². The largest absolute Gasteiger partial charge is 0.289 e. The van der Waals surface area contributed by atoms with Crippen LogP contribution >= 0.6 is 11.8 Å². The third kappa shape index (κ3) is 12.8. The molecular formula is C26H45OS. The number of aryl methyl sites for hydroxylation is 2. The van der Waals surface area contributed by atoms with E-state index in [0.29, 0.717) is 0 Å². The summed E-state index contributed by atoms with van der Waals surface area (Å²) in [6.45, 7) is 6.14. The fraction of sp³-hybridized carbons (Fsp3) is 0.769. The third-order valence-corrected chi connectivity index (χ3v) is 6.76. The molecule has 1 radical (unpaired) electrons. The molecule has 1 aromatic rings. The number of benzene rings is 1. The molecule has 0 fully saturated rings. The van der Waals surface area contributed by atoms with Crippen LogP contribution in [0.5, 0.6) is 5.75 Å². The quantitative estimate of drug-likeness (QED) is 0.176. The van der Waals surface area contributed by atoms with Crippen molar-refractivity contribution in [2.45, 2.75) is 128 Å². The van der Waals surface area contributed by atoms with Crippen LogP contribution in [-0.4, -0.2) is 5.75 Å². The minimum Gasteiger partial charge on any atom is -0.289 e. The van der Waals surface area contributed by atoms with Gasteiger partial charge in [0.2, 0.25) is 0 Å². The highest BCUT2D eigenvalue weighted by molar-refractivity contribution is 7.99. The molecule has 0 N–H and O–H groups in total. The molecule has 1 nitrogen and oxygen atoms in total. The standard InChI is InChI=1S/C26H45OS/c1-4-5-6-7-8-9-10-11-12-13-14-15-16-17-18-19-20-28-25-21-23(2)26(27)24(3)22-25/h21-22H,4-20H2,1-3H3. The molecule has 28 heavy (non-hydrogen) atoms. The molecule has 2 heteroatoms. The summed E-state index contributed by atoms with van der Waals surface area (Å²) in [6.07, 6.45) is 22.7. The fourth-order valence-electron chi connectivity index (χ4n) is 3.83. The van der Waals surface area contributed by atoms with Crippen molar-refractivity contribution in [1.29, 1.82) is 0 Å². The molecule has 0 saturated carbocycles. The summed E-state index contributed by atoms with van der Waals surface area (Å²) in [5.74, 6) is 1.38. The topological polar surface area (TPSA) is 19.9 Å². The van der Waals surface area contributed by atoms with Crippen molar-refractivity contribution in [3.63, 3.8) is 0 Å². The van der Waals surface area contributed by atoms with Gasteiger partial charge in [-0.25, -0.2) is 0 Å². The molecule has 161 valence electrons. The predicted molar refractivity (Wildman–Crippen MR) is 126 cm³/mol. The van der Waals surface area contributed by atoms with E-state index in [4.69, 9.17) is 0 Å². The number of hydrogen-bond donors (Lipinski definition) is 0. The van der Waals surface area contributed by atoms with E-state index >= 15 is 0 Å². The van der Waals surface area contributed by atoms with E-state index in [0.717, 1.165) is 11.1 Å². The smallest absolute Gasteiger partial charge is 0.184 e. The molecule has 0 heterocycles. The Bertz CT molecular complexity index is 474. The molecule has 0 aromatic heterocycles. The van der Waals surface area contributed by atoms with Crippen molar-refractivity contribution in [3.05, 3.63) is 23.3 Å². The lowest BCUT2D eigenvalue weighted by molar-refractivity contribution is 0.348. The van der Waals surface area contributed by atoms with Gasteiger partial charge in [-0.1, -0.05) is 103 Å². The van der Waals surface area contributed by atoms with Crippen molar-refractivity contribution in [2.75, 3.05) is 5.75 Å². The molecule has 0 amide bonds. The van der Waals surface area contributed by atoms with Crippen molar-refractivity contribution >= 4 is 11.8 Å². The minimum atomic E-state index is 0.201. The van der Waals surface area contributed by atoms with Gasteiger partial charge in [0.05, 0.1) is 0 Å². The summed E-state index contributed by atoms with van der Waals surface area (Å²) < 4.78 is 0. The zero-order chi connectivity index (χ0) is 20.5. The average Bonchev–Trinajstić information content (AvgIpc) is 2.68. The number of unbranched alkanes of at least 4 members (excludes halogenated alkanes) is 15. The average molecular weight is 406 g/mol. The SMILES string of the molecule is CCCCCCCCCCCCCCCCCCSc1cc(C)c([O])c(C)c1. The maximum Gasteiger partial charge on any atom is 0.184 e. The summed E-state index contributed by atoms with van der Waals surface area (Å²) in [4.78, 5) is 1.26. The summed E-state index contributed by atoms with van der Waals surface area (Å²) >= 11 is 1.91. The lowest BCUT2D eigenvalue weighted by Gasteiger charge is -2.06.